The van der Waals surface area contributed by atoms with E-state index >= 15 is 0 Å². The molecule has 2 atom stereocenters. The molecule has 2 aromatic rings. The molecule has 0 N–H and O–H groups in total. The predicted molar refractivity (Wildman–Crippen MR) is 113 cm³/mol. The third-order valence-corrected chi connectivity index (χ3v) is 5.61. The number of aromatic nitrogens is 1. The van der Waals surface area contributed by atoms with E-state index in [4.69, 9.17) is 9.47 Å². The lowest BCUT2D eigenvalue weighted by molar-refractivity contribution is -0.122. The van der Waals surface area contributed by atoms with Gasteiger partial charge >= 0.3 is 6.09 Å². The molecule has 0 aliphatic carbocycles. The molecule has 0 radical (unpaired) electrons. The monoisotopic (exact) mass is 417 g/mol. The molecule has 1 aromatic heterocycles. The van der Waals surface area contributed by atoms with Crippen molar-refractivity contribution in [1.82, 2.24) is 9.88 Å². The molecule has 0 unspecified atom stereocenters. The van der Waals surface area contributed by atoms with Gasteiger partial charge < -0.3 is 9.47 Å². The van der Waals surface area contributed by atoms with Gasteiger partial charge in [-0.1, -0.05) is 30.3 Å². The summed E-state index contributed by atoms with van der Waals surface area (Å²) in [5.74, 6) is -0.204. The quantitative estimate of drug-likeness (QED) is 0.757. The molecular formula is C21H27N3O4S. The zero-order valence-corrected chi connectivity index (χ0v) is 18.2. The van der Waals surface area contributed by atoms with Crippen LogP contribution >= 0.6 is 11.3 Å². The van der Waals surface area contributed by atoms with Crippen LogP contribution in [-0.4, -0.2) is 60.3 Å². The molecule has 1 fully saturated rings. The Hall–Kier alpha value is -2.45. The second-order valence-electron chi connectivity index (χ2n) is 8.02. The number of rotatable bonds is 4. The van der Waals surface area contributed by atoms with Crippen LogP contribution in [0.3, 0.4) is 0 Å². The van der Waals surface area contributed by atoms with Crippen LogP contribution in [0, 0.1) is 0 Å². The smallest absolute Gasteiger partial charge is 0.411 e. The molecule has 8 heteroatoms. The number of benzene rings is 1. The maximum absolute atomic E-state index is 13.2. The number of methoxy groups -OCH3 is 1. The van der Waals surface area contributed by atoms with E-state index in [0.29, 0.717) is 18.1 Å². The van der Waals surface area contributed by atoms with Crippen LogP contribution in [0.4, 0.5) is 9.93 Å². The summed E-state index contributed by atoms with van der Waals surface area (Å²) in [4.78, 5) is 33.4. The molecule has 1 aliphatic heterocycles. The van der Waals surface area contributed by atoms with E-state index < -0.39 is 17.7 Å². The fourth-order valence-corrected chi connectivity index (χ4v) is 4.01. The van der Waals surface area contributed by atoms with Crippen molar-refractivity contribution in [2.24, 2.45) is 0 Å². The van der Waals surface area contributed by atoms with Crippen LogP contribution in [0.5, 0.6) is 0 Å². The number of ether oxygens (including phenoxy) is 2. The molecule has 3 rings (SSSR count). The molecule has 156 valence electrons. The molecule has 0 bridgehead atoms. The number of carbonyl (C=O) groups excluding carboxylic acids is 2. The Balaban J connectivity index is 1.78. The first kappa shape index (κ1) is 21.3. The van der Waals surface area contributed by atoms with Crippen LogP contribution in [0.1, 0.15) is 27.2 Å². The second kappa shape index (κ2) is 8.51. The molecule has 1 aliphatic rings. The number of hydrogen-bond acceptors (Lipinski definition) is 6. The molecule has 2 amide bonds. The maximum atomic E-state index is 13.2. The summed E-state index contributed by atoms with van der Waals surface area (Å²) < 4.78 is 10.9. The van der Waals surface area contributed by atoms with Gasteiger partial charge in [-0.2, -0.15) is 0 Å². The van der Waals surface area contributed by atoms with E-state index in [1.165, 1.54) is 21.1 Å². The number of anilines is 1. The molecule has 1 aromatic carbocycles. The lowest BCUT2D eigenvalue weighted by atomic mass is 10.1. The molecular weight excluding hydrogens is 390 g/mol. The second-order valence-corrected chi connectivity index (χ2v) is 8.86. The minimum atomic E-state index is -0.649. The van der Waals surface area contributed by atoms with Gasteiger partial charge in [-0.15, -0.1) is 11.3 Å². The Bertz CT molecular complexity index is 862. The number of thiazole rings is 1. The van der Waals surface area contributed by atoms with E-state index in [-0.39, 0.29) is 12.0 Å². The van der Waals surface area contributed by atoms with Crippen molar-refractivity contribution in [3.63, 3.8) is 0 Å². The van der Waals surface area contributed by atoms with Crippen molar-refractivity contribution in [2.75, 3.05) is 25.6 Å². The van der Waals surface area contributed by atoms with E-state index in [1.807, 2.05) is 35.7 Å². The third-order valence-electron chi connectivity index (χ3n) is 4.69. The number of likely N-dealkylation sites (N-methyl/N-ethyl adjacent to an activating group) is 1. The molecule has 0 saturated carbocycles. The maximum Gasteiger partial charge on any atom is 0.411 e. The van der Waals surface area contributed by atoms with Gasteiger partial charge in [0.15, 0.2) is 5.13 Å². The van der Waals surface area contributed by atoms with Gasteiger partial charge in [0.1, 0.15) is 11.6 Å². The highest BCUT2D eigenvalue weighted by atomic mass is 32.1. The molecule has 0 spiro atoms. The van der Waals surface area contributed by atoms with E-state index in [1.54, 1.807) is 34.9 Å². The molecule has 1 saturated heterocycles. The summed E-state index contributed by atoms with van der Waals surface area (Å²) in [6.45, 7) is 5.73. The van der Waals surface area contributed by atoms with Crippen molar-refractivity contribution in [3.8, 4) is 11.3 Å². The lowest BCUT2D eigenvalue weighted by Gasteiger charge is -2.29. The van der Waals surface area contributed by atoms with Crippen LogP contribution in [0.2, 0.25) is 0 Å². The van der Waals surface area contributed by atoms with Crippen LogP contribution in [-0.2, 0) is 14.3 Å². The number of carbonyl (C=O) groups is 2. The fraction of sp³-hybridized carbons (Fsp3) is 0.476. The largest absolute Gasteiger partial charge is 0.444 e. The summed E-state index contributed by atoms with van der Waals surface area (Å²) in [5.41, 5.74) is 1.17. The Labute approximate surface area is 175 Å². The fourth-order valence-electron chi connectivity index (χ4n) is 3.20. The number of hydrogen-bond donors (Lipinski definition) is 0. The first-order valence-corrected chi connectivity index (χ1v) is 10.4. The molecule has 2 heterocycles. The summed E-state index contributed by atoms with van der Waals surface area (Å²) in [7, 11) is 3.27. The van der Waals surface area contributed by atoms with E-state index in [0.717, 1.165) is 11.3 Å². The first-order valence-electron chi connectivity index (χ1n) is 9.50. The summed E-state index contributed by atoms with van der Waals surface area (Å²) in [6, 6.07) is 9.15. The predicted octanol–water partition coefficient (Wildman–Crippen LogP) is 3.80. The minimum Gasteiger partial charge on any atom is -0.444 e. The van der Waals surface area contributed by atoms with Crippen LogP contribution in [0.15, 0.2) is 35.7 Å². The van der Waals surface area contributed by atoms with Gasteiger partial charge in [0, 0.05) is 31.5 Å². The average Bonchev–Trinajstić information content (AvgIpc) is 3.33. The van der Waals surface area contributed by atoms with Gasteiger partial charge in [0.25, 0.3) is 5.91 Å². The first-order chi connectivity index (χ1) is 13.7. The van der Waals surface area contributed by atoms with Crippen molar-refractivity contribution in [3.05, 3.63) is 35.7 Å². The Morgan fingerprint density at radius 2 is 1.93 bits per heavy atom. The zero-order valence-electron chi connectivity index (χ0n) is 17.4. The summed E-state index contributed by atoms with van der Waals surface area (Å²) in [5, 5.41) is 2.51. The Kier molecular flexibility index (Phi) is 6.24. The highest BCUT2D eigenvalue weighted by Gasteiger charge is 2.43. The van der Waals surface area contributed by atoms with Crippen molar-refractivity contribution >= 4 is 28.5 Å². The third kappa shape index (κ3) is 4.94. The van der Waals surface area contributed by atoms with Gasteiger partial charge in [-0.3, -0.25) is 14.6 Å². The number of amides is 2. The number of nitrogens with zero attached hydrogens (tertiary/aromatic N) is 3. The van der Waals surface area contributed by atoms with Crippen LogP contribution in [0.25, 0.3) is 11.3 Å². The van der Waals surface area contributed by atoms with E-state index in [2.05, 4.69) is 4.98 Å². The van der Waals surface area contributed by atoms with Crippen molar-refractivity contribution < 1.29 is 19.1 Å². The average molecular weight is 418 g/mol. The zero-order chi connectivity index (χ0) is 21.2. The van der Waals surface area contributed by atoms with E-state index in [9.17, 15) is 9.59 Å². The topological polar surface area (TPSA) is 72.0 Å². The minimum absolute atomic E-state index is 0.204. The van der Waals surface area contributed by atoms with Gasteiger partial charge in [0.05, 0.1) is 18.3 Å². The Morgan fingerprint density at radius 1 is 1.24 bits per heavy atom. The lowest BCUT2D eigenvalue weighted by Crippen LogP contribution is -2.48. The standard InChI is InChI=1S/C21H27N3O4S/c1-21(2,3)28-20(26)24-12-15(27-5)11-17(24)18(25)23(4)19-22-16(13-29-19)14-9-7-6-8-10-14/h6-10,13,15,17H,11-12H2,1-5H3/t15-,17-/m0/s1. The normalized spacial score (nSPS) is 19.3. The van der Waals surface area contributed by atoms with Gasteiger partial charge in [-0.25, -0.2) is 9.78 Å². The highest BCUT2D eigenvalue weighted by molar-refractivity contribution is 7.14. The molecule has 7 nitrogen and oxygen atoms in total. The SMILES string of the molecule is CO[C@H]1C[C@@H](C(=O)N(C)c2nc(-c3ccccc3)cs2)N(C(=O)OC(C)(C)C)C1. The highest BCUT2D eigenvalue weighted by Crippen LogP contribution is 2.30. The van der Waals surface area contributed by atoms with Gasteiger partial charge in [-0.05, 0) is 20.8 Å². The number of likely N-dealkylation sites (tertiary alicyclic amines) is 1. The Morgan fingerprint density at radius 3 is 2.55 bits per heavy atom. The van der Waals surface area contributed by atoms with Crippen molar-refractivity contribution in [1.29, 1.82) is 0 Å². The summed E-state index contributed by atoms with van der Waals surface area (Å²) in [6.07, 6.45) is -0.288. The molecule has 29 heavy (non-hydrogen) atoms. The van der Waals surface area contributed by atoms with Crippen LogP contribution < -0.4 is 4.90 Å². The summed E-state index contributed by atoms with van der Waals surface area (Å²) >= 11 is 1.39. The van der Waals surface area contributed by atoms with Gasteiger partial charge in [0.2, 0.25) is 0 Å². The van der Waals surface area contributed by atoms with Crippen molar-refractivity contribution in [2.45, 2.75) is 44.9 Å².